The van der Waals surface area contributed by atoms with Crippen molar-refractivity contribution in [3.8, 4) is 0 Å². The summed E-state index contributed by atoms with van der Waals surface area (Å²) in [5.41, 5.74) is 0. The average Bonchev–Trinajstić information content (AvgIpc) is 2.35. The molecule has 0 aromatic carbocycles. The zero-order valence-corrected chi connectivity index (χ0v) is 11.0. The number of aliphatic hydroxyl groups is 1. The minimum absolute atomic E-state index is 0.252. The molecule has 96 valence electrons. The van der Waals surface area contributed by atoms with Gasteiger partial charge < -0.3 is 15.3 Å². The lowest BCUT2D eigenvalue weighted by atomic mass is 10.2. The molecule has 0 saturated carbocycles. The molecule has 0 amide bonds. The van der Waals surface area contributed by atoms with Crippen LogP contribution >= 0.6 is 11.6 Å². The van der Waals surface area contributed by atoms with Crippen LogP contribution in [0.2, 0.25) is 5.02 Å². The van der Waals surface area contributed by atoms with E-state index in [1.165, 1.54) is 0 Å². The van der Waals surface area contributed by atoms with Crippen molar-refractivity contribution in [2.75, 3.05) is 37.5 Å². The van der Waals surface area contributed by atoms with Gasteiger partial charge in [0.15, 0.2) is 5.82 Å². The van der Waals surface area contributed by atoms with Crippen molar-refractivity contribution in [1.29, 1.82) is 0 Å². The topological polar surface area (TPSA) is 61.3 Å². The van der Waals surface area contributed by atoms with Gasteiger partial charge in [-0.1, -0.05) is 11.6 Å². The molecule has 0 fully saturated rings. The highest BCUT2D eigenvalue weighted by molar-refractivity contribution is 6.32. The minimum Gasteiger partial charge on any atom is -0.396 e. The van der Waals surface area contributed by atoms with Gasteiger partial charge in [0.25, 0.3) is 0 Å². The molecule has 0 aliphatic carbocycles. The molecule has 1 aromatic rings. The SMILES string of the molecule is CNc1ncc(Cl)c(N(C)CCCCCO)n1. The lowest BCUT2D eigenvalue weighted by Gasteiger charge is -2.19. The van der Waals surface area contributed by atoms with E-state index in [2.05, 4.69) is 15.3 Å². The number of hydrogen-bond donors (Lipinski definition) is 2. The fraction of sp³-hybridized carbons (Fsp3) is 0.636. The number of unbranched alkanes of at least 4 members (excludes halogenated alkanes) is 2. The van der Waals surface area contributed by atoms with Crippen LogP contribution < -0.4 is 10.2 Å². The summed E-state index contributed by atoms with van der Waals surface area (Å²) in [5, 5.41) is 12.1. The van der Waals surface area contributed by atoms with E-state index in [0.29, 0.717) is 11.0 Å². The maximum atomic E-state index is 8.70. The molecule has 0 aliphatic heterocycles. The minimum atomic E-state index is 0.252. The van der Waals surface area contributed by atoms with Crippen molar-refractivity contribution < 1.29 is 5.11 Å². The summed E-state index contributed by atoms with van der Waals surface area (Å²) in [7, 11) is 3.72. The molecule has 2 N–H and O–H groups in total. The van der Waals surface area contributed by atoms with Gasteiger partial charge in [0.1, 0.15) is 5.02 Å². The molecule has 0 atom stereocenters. The van der Waals surface area contributed by atoms with Crippen LogP contribution in [0.25, 0.3) is 0 Å². The van der Waals surface area contributed by atoms with E-state index >= 15 is 0 Å². The molecule has 0 spiro atoms. The first kappa shape index (κ1) is 14.0. The van der Waals surface area contributed by atoms with Crippen LogP contribution in [0.1, 0.15) is 19.3 Å². The number of aliphatic hydroxyl groups excluding tert-OH is 1. The second-order valence-corrected chi connectivity index (χ2v) is 4.23. The molecule has 0 bridgehead atoms. The highest BCUT2D eigenvalue weighted by atomic mass is 35.5. The Kier molecular flexibility index (Phi) is 6.00. The first-order valence-electron chi connectivity index (χ1n) is 5.71. The maximum Gasteiger partial charge on any atom is 0.224 e. The molecule has 0 unspecified atom stereocenters. The van der Waals surface area contributed by atoms with Crippen LogP contribution in [0.5, 0.6) is 0 Å². The largest absolute Gasteiger partial charge is 0.396 e. The summed E-state index contributed by atoms with van der Waals surface area (Å²) < 4.78 is 0. The van der Waals surface area contributed by atoms with E-state index in [0.717, 1.165) is 31.6 Å². The Morgan fingerprint density at radius 3 is 2.82 bits per heavy atom. The summed E-state index contributed by atoms with van der Waals surface area (Å²) in [4.78, 5) is 10.3. The Morgan fingerprint density at radius 1 is 1.41 bits per heavy atom. The molecule has 1 aromatic heterocycles. The van der Waals surface area contributed by atoms with Gasteiger partial charge in [0.2, 0.25) is 5.95 Å². The molecule has 1 heterocycles. The molecular formula is C11H19ClN4O. The number of aromatic nitrogens is 2. The number of halogens is 1. The first-order valence-corrected chi connectivity index (χ1v) is 6.09. The third-order valence-corrected chi connectivity index (χ3v) is 2.73. The Morgan fingerprint density at radius 2 is 2.18 bits per heavy atom. The Labute approximate surface area is 107 Å². The van der Waals surface area contributed by atoms with Crippen LogP contribution in [0.4, 0.5) is 11.8 Å². The van der Waals surface area contributed by atoms with Gasteiger partial charge in [-0.25, -0.2) is 4.98 Å². The predicted molar refractivity (Wildman–Crippen MR) is 70.8 cm³/mol. The molecule has 6 heteroatoms. The smallest absolute Gasteiger partial charge is 0.224 e. The van der Waals surface area contributed by atoms with Gasteiger partial charge in [-0.05, 0) is 19.3 Å². The van der Waals surface area contributed by atoms with Crippen molar-refractivity contribution in [1.82, 2.24) is 9.97 Å². The van der Waals surface area contributed by atoms with Crippen molar-refractivity contribution in [2.24, 2.45) is 0 Å². The highest BCUT2D eigenvalue weighted by Gasteiger charge is 2.09. The lowest BCUT2D eigenvalue weighted by molar-refractivity contribution is 0.283. The third-order valence-electron chi connectivity index (χ3n) is 2.46. The van der Waals surface area contributed by atoms with Gasteiger partial charge in [-0.15, -0.1) is 0 Å². The first-order chi connectivity index (χ1) is 8.19. The second-order valence-electron chi connectivity index (χ2n) is 3.82. The van der Waals surface area contributed by atoms with Gasteiger partial charge >= 0.3 is 0 Å². The highest BCUT2D eigenvalue weighted by Crippen LogP contribution is 2.22. The molecule has 0 radical (unpaired) electrons. The number of nitrogens with one attached hydrogen (secondary N) is 1. The Hall–Kier alpha value is -1.07. The van der Waals surface area contributed by atoms with Crippen molar-refractivity contribution in [3.63, 3.8) is 0 Å². The van der Waals surface area contributed by atoms with E-state index in [4.69, 9.17) is 16.7 Å². The zero-order chi connectivity index (χ0) is 12.7. The Bertz CT molecular complexity index is 348. The number of anilines is 2. The molecule has 17 heavy (non-hydrogen) atoms. The monoisotopic (exact) mass is 258 g/mol. The number of rotatable bonds is 7. The fourth-order valence-electron chi connectivity index (χ4n) is 1.49. The van der Waals surface area contributed by atoms with Crippen LogP contribution in [-0.2, 0) is 0 Å². The third kappa shape index (κ3) is 4.36. The molecule has 0 aliphatic rings. The molecule has 1 rings (SSSR count). The van der Waals surface area contributed by atoms with Gasteiger partial charge in [-0.2, -0.15) is 4.98 Å². The Balaban J connectivity index is 2.57. The van der Waals surface area contributed by atoms with Gasteiger partial charge in [0, 0.05) is 27.2 Å². The zero-order valence-electron chi connectivity index (χ0n) is 10.3. The van der Waals surface area contributed by atoms with Crippen LogP contribution in [-0.4, -0.2) is 42.3 Å². The average molecular weight is 259 g/mol. The van der Waals surface area contributed by atoms with Gasteiger partial charge in [-0.3, -0.25) is 0 Å². The normalized spacial score (nSPS) is 10.4. The van der Waals surface area contributed by atoms with E-state index in [1.807, 2.05) is 11.9 Å². The van der Waals surface area contributed by atoms with Crippen molar-refractivity contribution >= 4 is 23.4 Å². The molecule has 5 nitrogen and oxygen atoms in total. The van der Waals surface area contributed by atoms with Crippen LogP contribution in [0.3, 0.4) is 0 Å². The van der Waals surface area contributed by atoms with Crippen molar-refractivity contribution in [3.05, 3.63) is 11.2 Å². The maximum absolute atomic E-state index is 8.70. The molecular weight excluding hydrogens is 240 g/mol. The summed E-state index contributed by atoms with van der Waals surface area (Å²) in [5.74, 6) is 1.29. The lowest BCUT2D eigenvalue weighted by Crippen LogP contribution is -2.20. The van der Waals surface area contributed by atoms with Crippen LogP contribution in [0.15, 0.2) is 6.20 Å². The standard InChI is InChI=1S/C11H19ClN4O/c1-13-11-14-8-9(12)10(15-11)16(2)6-4-3-5-7-17/h8,17H,3-7H2,1-2H3,(H,13,14,15). The van der Waals surface area contributed by atoms with Crippen LogP contribution in [0, 0.1) is 0 Å². The predicted octanol–water partition coefficient (Wildman–Crippen LogP) is 1.77. The second kappa shape index (κ2) is 7.29. The summed E-state index contributed by atoms with van der Waals surface area (Å²) in [6, 6.07) is 0. The summed E-state index contributed by atoms with van der Waals surface area (Å²) in [6.45, 7) is 1.11. The summed E-state index contributed by atoms with van der Waals surface area (Å²) in [6.07, 6.45) is 4.45. The van der Waals surface area contributed by atoms with E-state index in [9.17, 15) is 0 Å². The molecule has 0 saturated heterocycles. The van der Waals surface area contributed by atoms with Crippen molar-refractivity contribution in [2.45, 2.75) is 19.3 Å². The van der Waals surface area contributed by atoms with Gasteiger partial charge in [0.05, 0.1) is 6.20 Å². The quantitative estimate of drug-likeness (QED) is 0.730. The summed E-state index contributed by atoms with van der Waals surface area (Å²) >= 11 is 6.05. The fourth-order valence-corrected chi connectivity index (χ4v) is 1.73. The van der Waals surface area contributed by atoms with E-state index in [-0.39, 0.29) is 6.61 Å². The van der Waals surface area contributed by atoms with E-state index in [1.54, 1.807) is 13.2 Å². The number of hydrogen-bond acceptors (Lipinski definition) is 5. The number of nitrogens with zero attached hydrogens (tertiary/aromatic N) is 3. The van der Waals surface area contributed by atoms with E-state index < -0.39 is 0 Å².